The number of anilines is 1. The minimum absolute atomic E-state index is 0.0378. The fraction of sp³-hybridized carbons (Fsp3) is 0.278. The molecule has 7 nitrogen and oxygen atoms in total. The van der Waals surface area contributed by atoms with E-state index >= 15 is 0 Å². The minimum Gasteiger partial charge on any atom is -0.273 e. The van der Waals surface area contributed by atoms with Crippen LogP contribution in [0.1, 0.15) is 30.5 Å². The van der Waals surface area contributed by atoms with Crippen molar-refractivity contribution >= 4 is 31.6 Å². The lowest BCUT2D eigenvalue weighted by Gasteiger charge is -2.19. The van der Waals surface area contributed by atoms with Gasteiger partial charge in [0.05, 0.1) is 16.3 Å². The maximum absolute atomic E-state index is 12.9. The van der Waals surface area contributed by atoms with Gasteiger partial charge >= 0.3 is 0 Å². The van der Waals surface area contributed by atoms with Gasteiger partial charge in [-0.1, -0.05) is 36.4 Å². The molecule has 1 aliphatic heterocycles. The molecule has 27 heavy (non-hydrogen) atoms. The van der Waals surface area contributed by atoms with E-state index in [-0.39, 0.29) is 22.8 Å². The van der Waals surface area contributed by atoms with Gasteiger partial charge in [-0.25, -0.2) is 25.9 Å². The Balaban J connectivity index is 1.97. The first-order valence-electron chi connectivity index (χ1n) is 8.35. The van der Waals surface area contributed by atoms with Gasteiger partial charge in [0.2, 0.25) is 26.0 Å². The van der Waals surface area contributed by atoms with Crippen LogP contribution in [0.15, 0.2) is 53.4 Å². The maximum atomic E-state index is 12.9. The predicted octanol–water partition coefficient (Wildman–Crippen LogP) is 2.10. The van der Waals surface area contributed by atoms with Gasteiger partial charge < -0.3 is 0 Å². The number of hydrogen-bond donors (Lipinski definition) is 1. The Bertz CT molecular complexity index is 1080. The molecule has 1 N–H and O–H groups in total. The first-order chi connectivity index (χ1) is 12.6. The van der Waals surface area contributed by atoms with E-state index in [1.807, 2.05) is 30.3 Å². The Morgan fingerprint density at radius 2 is 1.78 bits per heavy atom. The summed E-state index contributed by atoms with van der Waals surface area (Å²) >= 11 is 0. The van der Waals surface area contributed by atoms with Crippen molar-refractivity contribution < 1.29 is 21.6 Å². The van der Waals surface area contributed by atoms with Crippen LogP contribution in [0.25, 0.3) is 0 Å². The fourth-order valence-corrected chi connectivity index (χ4v) is 5.93. The summed E-state index contributed by atoms with van der Waals surface area (Å²) in [4.78, 5) is 11.9. The lowest BCUT2D eigenvalue weighted by Crippen LogP contribution is -2.30. The zero-order valence-corrected chi connectivity index (χ0v) is 16.5. The van der Waals surface area contributed by atoms with Crippen molar-refractivity contribution in [2.75, 3.05) is 10.1 Å². The Hall–Kier alpha value is -2.23. The van der Waals surface area contributed by atoms with Gasteiger partial charge in [0, 0.05) is 12.5 Å². The normalized spacial score (nSPS) is 17.9. The molecule has 0 saturated carbocycles. The first-order valence-corrected chi connectivity index (χ1v) is 11.4. The molecule has 9 heteroatoms. The second-order valence-electron chi connectivity index (χ2n) is 6.43. The SMILES string of the molecule is Cc1ccc(N2C(=O)CCS2(=O)=O)cc1S(=O)(=O)N[C@H](C)c1ccccc1. The summed E-state index contributed by atoms with van der Waals surface area (Å²) in [6, 6.07) is 12.8. The number of rotatable bonds is 5. The number of benzene rings is 2. The Morgan fingerprint density at radius 1 is 1.11 bits per heavy atom. The monoisotopic (exact) mass is 408 g/mol. The molecule has 1 fully saturated rings. The molecule has 0 aliphatic carbocycles. The highest BCUT2D eigenvalue weighted by molar-refractivity contribution is 7.94. The van der Waals surface area contributed by atoms with Crippen LogP contribution < -0.4 is 9.03 Å². The number of amides is 1. The van der Waals surface area contributed by atoms with Crippen molar-refractivity contribution in [1.82, 2.24) is 4.72 Å². The topological polar surface area (TPSA) is 101 Å². The van der Waals surface area contributed by atoms with Gasteiger partial charge in [-0.15, -0.1) is 0 Å². The zero-order chi connectivity index (χ0) is 19.8. The number of hydrogen-bond acceptors (Lipinski definition) is 5. The van der Waals surface area contributed by atoms with Crippen LogP contribution in [0.4, 0.5) is 5.69 Å². The highest BCUT2D eigenvalue weighted by Crippen LogP contribution is 2.29. The number of nitrogens with one attached hydrogen (secondary N) is 1. The fourth-order valence-electron chi connectivity index (χ4n) is 2.98. The van der Waals surface area contributed by atoms with Crippen LogP contribution in [0.2, 0.25) is 0 Å². The average Bonchev–Trinajstić information content (AvgIpc) is 2.89. The van der Waals surface area contributed by atoms with Crippen molar-refractivity contribution in [1.29, 1.82) is 0 Å². The molecule has 3 rings (SSSR count). The summed E-state index contributed by atoms with van der Waals surface area (Å²) in [7, 11) is -7.69. The van der Waals surface area contributed by atoms with Crippen LogP contribution in [0.3, 0.4) is 0 Å². The van der Waals surface area contributed by atoms with Crippen LogP contribution in [0, 0.1) is 6.92 Å². The number of aryl methyl sites for hydroxylation is 1. The van der Waals surface area contributed by atoms with Gasteiger partial charge in [0.15, 0.2) is 0 Å². The molecule has 1 saturated heterocycles. The summed E-state index contributed by atoms with van der Waals surface area (Å²) in [6.45, 7) is 3.34. The molecule has 1 aliphatic rings. The molecule has 2 aromatic rings. The van der Waals surface area contributed by atoms with Gasteiger partial charge in [-0.2, -0.15) is 0 Å². The number of nitrogens with zero attached hydrogens (tertiary/aromatic N) is 1. The van der Waals surface area contributed by atoms with E-state index in [4.69, 9.17) is 0 Å². The van der Waals surface area contributed by atoms with Crippen molar-refractivity contribution in [2.45, 2.75) is 31.2 Å². The van der Waals surface area contributed by atoms with Gasteiger partial charge in [0.25, 0.3) is 0 Å². The molecule has 1 amide bonds. The molecular weight excluding hydrogens is 388 g/mol. The molecule has 0 aromatic heterocycles. The predicted molar refractivity (Wildman–Crippen MR) is 102 cm³/mol. The average molecular weight is 409 g/mol. The Kier molecular flexibility index (Phi) is 5.11. The van der Waals surface area contributed by atoms with Crippen molar-refractivity contribution in [2.24, 2.45) is 0 Å². The standard InChI is InChI=1S/C18H20N2O5S2/c1-13-8-9-16(20-18(21)10-11-26(20,22)23)12-17(13)27(24,25)19-14(2)15-6-4-3-5-7-15/h3-9,12,14,19H,10-11H2,1-2H3/t14-/m1/s1. The number of sulfonamides is 2. The minimum atomic E-state index is -3.93. The largest absolute Gasteiger partial charge is 0.273 e. The number of carbonyl (C=O) groups is 1. The summed E-state index contributed by atoms with van der Waals surface area (Å²) < 4.78 is 53.3. The molecule has 1 atom stereocenters. The van der Waals surface area contributed by atoms with E-state index < -0.39 is 32.0 Å². The highest BCUT2D eigenvalue weighted by atomic mass is 32.2. The van der Waals surface area contributed by atoms with E-state index in [0.717, 1.165) is 5.56 Å². The molecule has 2 aromatic carbocycles. The summed E-state index contributed by atoms with van der Waals surface area (Å²) in [5.41, 5.74) is 1.29. The molecule has 0 unspecified atom stereocenters. The van der Waals surface area contributed by atoms with E-state index in [0.29, 0.717) is 9.87 Å². The third kappa shape index (κ3) is 3.90. The van der Waals surface area contributed by atoms with Gasteiger partial charge in [0.1, 0.15) is 0 Å². The second-order valence-corrected chi connectivity index (χ2v) is 10.0. The van der Waals surface area contributed by atoms with E-state index in [1.165, 1.54) is 18.2 Å². The first kappa shape index (κ1) is 19.5. The van der Waals surface area contributed by atoms with E-state index in [9.17, 15) is 21.6 Å². The van der Waals surface area contributed by atoms with Crippen molar-refractivity contribution in [3.05, 3.63) is 59.7 Å². The molecule has 1 heterocycles. The van der Waals surface area contributed by atoms with Crippen LogP contribution in [-0.2, 0) is 24.8 Å². The molecule has 0 bridgehead atoms. The van der Waals surface area contributed by atoms with Gasteiger partial charge in [-0.3, -0.25) is 4.79 Å². The lowest BCUT2D eigenvalue weighted by atomic mass is 10.1. The number of carbonyl (C=O) groups excluding carboxylic acids is 1. The molecular formula is C18H20N2O5S2. The third-order valence-electron chi connectivity index (χ3n) is 4.41. The third-order valence-corrected chi connectivity index (χ3v) is 7.78. The van der Waals surface area contributed by atoms with Crippen LogP contribution in [-0.4, -0.2) is 28.5 Å². The quantitative estimate of drug-likeness (QED) is 0.817. The van der Waals surface area contributed by atoms with E-state index in [1.54, 1.807) is 13.8 Å². The highest BCUT2D eigenvalue weighted by Gasteiger charge is 2.37. The van der Waals surface area contributed by atoms with Crippen LogP contribution >= 0.6 is 0 Å². The van der Waals surface area contributed by atoms with E-state index in [2.05, 4.69) is 4.72 Å². The second kappa shape index (κ2) is 7.06. The Morgan fingerprint density at radius 3 is 2.37 bits per heavy atom. The van der Waals surface area contributed by atoms with Crippen molar-refractivity contribution in [3.8, 4) is 0 Å². The molecule has 0 spiro atoms. The summed E-state index contributed by atoms with van der Waals surface area (Å²) in [5, 5.41) is 0. The maximum Gasteiger partial charge on any atom is 0.242 e. The summed E-state index contributed by atoms with van der Waals surface area (Å²) in [6.07, 6.45) is -0.110. The summed E-state index contributed by atoms with van der Waals surface area (Å²) in [5.74, 6) is -0.835. The smallest absolute Gasteiger partial charge is 0.242 e. The zero-order valence-electron chi connectivity index (χ0n) is 14.9. The van der Waals surface area contributed by atoms with Gasteiger partial charge in [-0.05, 0) is 37.1 Å². The molecule has 144 valence electrons. The Labute approximate surface area is 159 Å². The molecule has 0 radical (unpaired) electrons. The van der Waals surface area contributed by atoms with Crippen LogP contribution in [0.5, 0.6) is 0 Å². The van der Waals surface area contributed by atoms with Crippen molar-refractivity contribution in [3.63, 3.8) is 0 Å². The lowest BCUT2D eigenvalue weighted by molar-refractivity contribution is -0.116.